The molecule has 0 bridgehead atoms. The van der Waals surface area contributed by atoms with Crippen molar-refractivity contribution in [1.29, 1.82) is 0 Å². The van der Waals surface area contributed by atoms with Crippen molar-refractivity contribution in [3.63, 3.8) is 0 Å². The lowest BCUT2D eigenvalue weighted by atomic mass is 9.99. The Morgan fingerprint density at radius 2 is 2.07 bits per heavy atom. The topological polar surface area (TPSA) is 73.7 Å². The third kappa shape index (κ3) is 3.50. The maximum atomic E-state index is 13.2. The lowest BCUT2D eigenvalue weighted by molar-refractivity contribution is -0.135. The van der Waals surface area contributed by atoms with E-state index in [9.17, 15) is 9.59 Å². The first kappa shape index (κ1) is 18.9. The van der Waals surface area contributed by atoms with Gasteiger partial charge < -0.3 is 4.90 Å². The van der Waals surface area contributed by atoms with Gasteiger partial charge in [-0.2, -0.15) is 0 Å². The van der Waals surface area contributed by atoms with Crippen molar-refractivity contribution < 1.29 is 4.79 Å². The molecule has 0 spiro atoms. The first-order valence-electron chi connectivity index (χ1n) is 11.2. The minimum atomic E-state index is -0.0585. The quantitative estimate of drug-likeness (QED) is 0.860. The van der Waals surface area contributed by atoms with Gasteiger partial charge in [-0.1, -0.05) is 20.3 Å². The summed E-state index contributed by atoms with van der Waals surface area (Å²) in [5.74, 6) is 0.902. The number of nitrogens with one attached hydrogen (secondary N) is 1. The molecule has 1 saturated heterocycles. The smallest absolute Gasteiger partial charge is 0.277 e. The predicted molar refractivity (Wildman–Crippen MR) is 111 cm³/mol. The number of aromatic nitrogens is 3. The van der Waals surface area contributed by atoms with Crippen LogP contribution in [-0.2, 0) is 17.8 Å². The Morgan fingerprint density at radius 1 is 1.24 bits per heavy atom. The number of amides is 1. The van der Waals surface area contributed by atoms with Crippen molar-refractivity contribution >= 4 is 11.6 Å². The number of nitrogens with zero attached hydrogens (tertiary/aromatic N) is 4. The van der Waals surface area contributed by atoms with Gasteiger partial charge in [0, 0.05) is 31.5 Å². The second-order valence-electron chi connectivity index (χ2n) is 9.36. The molecule has 5 rings (SSSR count). The van der Waals surface area contributed by atoms with E-state index in [0.29, 0.717) is 36.8 Å². The molecule has 1 N–H and O–H groups in total. The summed E-state index contributed by atoms with van der Waals surface area (Å²) < 4.78 is 1.60. The molecular formula is C22H31N5O2. The maximum absolute atomic E-state index is 13.2. The second kappa shape index (κ2) is 7.27. The van der Waals surface area contributed by atoms with Crippen molar-refractivity contribution in [3.8, 4) is 0 Å². The molecule has 4 heterocycles. The molecule has 2 aromatic rings. The van der Waals surface area contributed by atoms with Crippen LogP contribution in [0, 0.1) is 11.8 Å². The first-order valence-corrected chi connectivity index (χ1v) is 11.2. The van der Waals surface area contributed by atoms with Gasteiger partial charge in [0.1, 0.15) is 0 Å². The monoisotopic (exact) mass is 397 g/mol. The molecule has 7 nitrogen and oxygen atoms in total. The molecule has 0 aromatic carbocycles. The summed E-state index contributed by atoms with van der Waals surface area (Å²) in [6.45, 7) is 7.13. The van der Waals surface area contributed by atoms with Crippen LogP contribution in [-0.4, -0.2) is 49.9 Å². The van der Waals surface area contributed by atoms with E-state index in [1.54, 1.807) is 9.42 Å². The molecule has 1 aliphatic carbocycles. The standard InChI is InChI=1S/C22H31N5O2/c1-14(2)21(28)26-10-8-17-16(13-26)22(29)27-20(23-17)11-18(24-27)19-5-3-4-9-25(19)12-15-6-7-15/h11,14-15,19,24H,3-10,12-13H2,1-2H3/t19-/m0/s1. The number of hydrogen-bond donors (Lipinski definition) is 1. The summed E-state index contributed by atoms with van der Waals surface area (Å²) in [7, 11) is 0. The van der Waals surface area contributed by atoms with Crippen LogP contribution in [0.1, 0.15) is 68.9 Å². The highest BCUT2D eigenvalue weighted by molar-refractivity contribution is 5.78. The van der Waals surface area contributed by atoms with E-state index < -0.39 is 0 Å². The molecule has 0 unspecified atom stereocenters. The van der Waals surface area contributed by atoms with Crippen molar-refractivity contribution in [2.45, 2.75) is 65.0 Å². The Hall–Kier alpha value is -2.15. The first-order chi connectivity index (χ1) is 14.0. The molecule has 0 radical (unpaired) electrons. The van der Waals surface area contributed by atoms with E-state index in [1.165, 1.54) is 32.2 Å². The summed E-state index contributed by atoms with van der Waals surface area (Å²) in [5.41, 5.74) is 3.28. The number of carbonyl (C=O) groups is 1. The Balaban J connectivity index is 1.47. The number of carbonyl (C=O) groups excluding carboxylic acids is 1. The zero-order chi connectivity index (χ0) is 20.1. The third-order valence-electron chi connectivity index (χ3n) is 6.75. The SMILES string of the molecule is CC(C)C(=O)N1CCc2nc3cc([C@@H]4CCCCN4CC4CC4)[nH]n3c(=O)c2C1. The minimum Gasteiger partial charge on any atom is -0.337 e. The minimum absolute atomic E-state index is 0.0536. The number of piperidine rings is 1. The van der Waals surface area contributed by atoms with Crippen molar-refractivity contribution in [2.24, 2.45) is 11.8 Å². The van der Waals surface area contributed by atoms with E-state index in [1.807, 2.05) is 13.8 Å². The van der Waals surface area contributed by atoms with E-state index in [-0.39, 0.29) is 17.4 Å². The van der Waals surface area contributed by atoms with Crippen LogP contribution < -0.4 is 5.56 Å². The summed E-state index contributed by atoms with van der Waals surface area (Å²) in [6, 6.07) is 2.42. The van der Waals surface area contributed by atoms with Gasteiger partial charge in [-0.3, -0.25) is 19.6 Å². The van der Waals surface area contributed by atoms with E-state index in [4.69, 9.17) is 4.98 Å². The van der Waals surface area contributed by atoms with Crippen LogP contribution in [0.4, 0.5) is 0 Å². The van der Waals surface area contributed by atoms with E-state index in [0.717, 1.165) is 30.3 Å². The summed E-state index contributed by atoms with van der Waals surface area (Å²) in [6.07, 6.45) is 6.98. The zero-order valence-corrected chi connectivity index (χ0v) is 17.5. The van der Waals surface area contributed by atoms with Gasteiger partial charge in [0.15, 0.2) is 5.65 Å². The van der Waals surface area contributed by atoms with Gasteiger partial charge in [-0.05, 0) is 38.1 Å². The largest absolute Gasteiger partial charge is 0.337 e. The van der Waals surface area contributed by atoms with Gasteiger partial charge in [0.2, 0.25) is 5.91 Å². The molecule has 1 saturated carbocycles. The van der Waals surface area contributed by atoms with Gasteiger partial charge in [-0.25, -0.2) is 9.50 Å². The third-order valence-corrected chi connectivity index (χ3v) is 6.75. The number of aromatic amines is 1. The maximum Gasteiger partial charge on any atom is 0.277 e. The molecule has 1 atom stereocenters. The van der Waals surface area contributed by atoms with Crippen molar-refractivity contribution in [3.05, 3.63) is 33.4 Å². The fourth-order valence-electron chi connectivity index (χ4n) is 4.92. The molecular weight excluding hydrogens is 366 g/mol. The Morgan fingerprint density at radius 3 is 2.83 bits per heavy atom. The van der Waals surface area contributed by atoms with E-state index >= 15 is 0 Å². The molecule has 156 valence electrons. The number of H-pyrrole nitrogens is 1. The average Bonchev–Trinajstić information content (AvgIpc) is 3.43. The second-order valence-corrected chi connectivity index (χ2v) is 9.36. The molecule has 29 heavy (non-hydrogen) atoms. The van der Waals surface area contributed by atoms with Gasteiger partial charge in [0.05, 0.1) is 29.5 Å². The lowest BCUT2D eigenvalue weighted by Crippen LogP contribution is -2.42. The normalized spacial score (nSPS) is 23.0. The molecule has 2 aliphatic heterocycles. The van der Waals surface area contributed by atoms with Gasteiger partial charge >= 0.3 is 0 Å². The summed E-state index contributed by atoms with van der Waals surface area (Å²) in [4.78, 5) is 34.8. The molecule has 2 aromatic heterocycles. The number of rotatable bonds is 4. The van der Waals surface area contributed by atoms with Crippen LogP contribution >= 0.6 is 0 Å². The summed E-state index contributed by atoms with van der Waals surface area (Å²) in [5, 5.41) is 3.37. The highest BCUT2D eigenvalue weighted by Crippen LogP contribution is 2.36. The average molecular weight is 398 g/mol. The van der Waals surface area contributed by atoms with Crippen LogP contribution in [0.15, 0.2) is 10.9 Å². The van der Waals surface area contributed by atoms with Crippen LogP contribution in [0.2, 0.25) is 0 Å². The van der Waals surface area contributed by atoms with Crippen LogP contribution in [0.5, 0.6) is 0 Å². The molecule has 1 amide bonds. The molecule has 3 aliphatic rings. The fourth-order valence-corrected chi connectivity index (χ4v) is 4.92. The van der Waals surface area contributed by atoms with Crippen LogP contribution in [0.25, 0.3) is 5.65 Å². The number of hydrogen-bond acceptors (Lipinski definition) is 4. The highest BCUT2D eigenvalue weighted by atomic mass is 16.2. The van der Waals surface area contributed by atoms with Crippen molar-refractivity contribution in [2.75, 3.05) is 19.6 Å². The van der Waals surface area contributed by atoms with E-state index in [2.05, 4.69) is 16.1 Å². The number of likely N-dealkylation sites (tertiary alicyclic amines) is 1. The fraction of sp³-hybridized carbons (Fsp3) is 0.682. The highest BCUT2D eigenvalue weighted by Gasteiger charge is 2.32. The zero-order valence-electron chi connectivity index (χ0n) is 17.5. The van der Waals surface area contributed by atoms with Gasteiger partial charge in [0.25, 0.3) is 5.56 Å². The summed E-state index contributed by atoms with van der Waals surface area (Å²) >= 11 is 0. The Labute approximate surface area is 171 Å². The molecule has 2 fully saturated rings. The number of fused-ring (bicyclic) bond motifs is 2. The Kier molecular flexibility index (Phi) is 4.73. The van der Waals surface area contributed by atoms with Crippen molar-refractivity contribution in [1.82, 2.24) is 24.4 Å². The lowest BCUT2D eigenvalue weighted by Gasteiger charge is -2.35. The Bertz CT molecular complexity index is 987. The van der Waals surface area contributed by atoms with Crippen LogP contribution in [0.3, 0.4) is 0 Å². The molecule has 7 heteroatoms. The predicted octanol–water partition coefficient (Wildman–Crippen LogP) is 2.50. The van der Waals surface area contributed by atoms with Gasteiger partial charge in [-0.15, -0.1) is 0 Å².